The second-order valence-corrected chi connectivity index (χ2v) is 4.97. The second-order valence-electron chi connectivity index (χ2n) is 4.97. The topological polar surface area (TPSA) is 99.8 Å². The van der Waals surface area contributed by atoms with E-state index in [0.717, 1.165) is 5.56 Å². The third-order valence-corrected chi connectivity index (χ3v) is 2.97. The SMILES string of the molecule is CC(NC(=O)/C=C/c1ccccc1)C(=O)Nc1n[nH]c(C(F)(F)F)n1. The molecular weight excluding hydrogens is 339 g/mol. The van der Waals surface area contributed by atoms with Gasteiger partial charge in [0.1, 0.15) is 6.04 Å². The molecule has 2 amide bonds. The zero-order valence-electron chi connectivity index (χ0n) is 13.0. The summed E-state index contributed by atoms with van der Waals surface area (Å²) in [6.45, 7) is 1.38. The van der Waals surface area contributed by atoms with Crippen molar-refractivity contribution in [2.75, 3.05) is 5.32 Å². The normalized spacial score (nSPS) is 12.8. The molecule has 3 N–H and O–H groups in total. The lowest BCUT2D eigenvalue weighted by molar-refractivity contribution is -0.144. The molecule has 25 heavy (non-hydrogen) atoms. The molecule has 1 aromatic carbocycles. The van der Waals surface area contributed by atoms with Gasteiger partial charge in [0.25, 0.3) is 0 Å². The molecule has 2 rings (SSSR count). The number of nitrogens with zero attached hydrogens (tertiary/aromatic N) is 2. The van der Waals surface area contributed by atoms with Crippen molar-refractivity contribution in [2.24, 2.45) is 0 Å². The number of benzene rings is 1. The van der Waals surface area contributed by atoms with E-state index in [-0.39, 0.29) is 0 Å². The van der Waals surface area contributed by atoms with Gasteiger partial charge in [-0.25, -0.2) is 0 Å². The third kappa shape index (κ3) is 5.44. The van der Waals surface area contributed by atoms with E-state index in [1.54, 1.807) is 35.4 Å². The number of alkyl halides is 3. The summed E-state index contributed by atoms with van der Waals surface area (Å²) in [6, 6.07) is 8.03. The van der Waals surface area contributed by atoms with E-state index in [2.05, 4.69) is 20.7 Å². The van der Waals surface area contributed by atoms with Gasteiger partial charge in [-0.05, 0) is 18.6 Å². The standard InChI is InChI=1S/C15H14F3N5O2/c1-9(19-11(24)8-7-10-5-3-2-4-6-10)12(25)20-14-21-13(22-23-14)15(16,17)18/h2-9H,1H3,(H,19,24)(H2,20,21,22,23,25)/b8-7+. The highest BCUT2D eigenvalue weighted by Gasteiger charge is 2.35. The summed E-state index contributed by atoms with van der Waals surface area (Å²) in [4.78, 5) is 26.7. The number of hydrogen-bond acceptors (Lipinski definition) is 4. The molecule has 0 saturated carbocycles. The Bertz CT molecular complexity index is 771. The molecule has 0 aliphatic carbocycles. The predicted octanol–water partition coefficient (Wildman–Crippen LogP) is 1.98. The van der Waals surface area contributed by atoms with Gasteiger partial charge in [-0.2, -0.15) is 18.2 Å². The van der Waals surface area contributed by atoms with Crippen LogP contribution in [0.3, 0.4) is 0 Å². The van der Waals surface area contributed by atoms with E-state index in [0.29, 0.717) is 0 Å². The van der Waals surface area contributed by atoms with Gasteiger partial charge in [0.15, 0.2) is 0 Å². The van der Waals surface area contributed by atoms with Gasteiger partial charge >= 0.3 is 6.18 Å². The Kier molecular flexibility index (Phi) is 5.52. The number of amides is 2. The minimum Gasteiger partial charge on any atom is -0.341 e. The van der Waals surface area contributed by atoms with E-state index in [9.17, 15) is 22.8 Å². The Hall–Kier alpha value is -3.17. The van der Waals surface area contributed by atoms with Crippen LogP contribution >= 0.6 is 0 Å². The first-order valence-corrected chi connectivity index (χ1v) is 7.10. The number of anilines is 1. The van der Waals surface area contributed by atoms with Crippen LogP contribution in [0.5, 0.6) is 0 Å². The Morgan fingerprint density at radius 2 is 1.92 bits per heavy atom. The Labute approximate surface area is 140 Å². The zero-order chi connectivity index (χ0) is 18.4. The molecule has 0 radical (unpaired) electrons. The molecule has 1 aromatic heterocycles. The maximum absolute atomic E-state index is 12.4. The first-order chi connectivity index (χ1) is 11.8. The van der Waals surface area contributed by atoms with Crippen LogP contribution in [-0.4, -0.2) is 33.0 Å². The third-order valence-electron chi connectivity index (χ3n) is 2.97. The number of aromatic amines is 1. The van der Waals surface area contributed by atoms with Crippen LogP contribution in [0.2, 0.25) is 0 Å². The number of carbonyl (C=O) groups is 2. The molecule has 132 valence electrons. The molecule has 0 spiro atoms. The van der Waals surface area contributed by atoms with Gasteiger partial charge < -0.3 is 5.32 Å². The van der Waals surface area contributed by atoms with Gasteiger partial charge in [-0.3, -0.25) is 20.0 Å². The van der Waals surface area contributed by atoms with Crippen molar-refractivity contribution in [3.05, 3.63) is 47.8 Å². The van der Waals surface area contributed by atoms with Crippen molar-refractivity contribution in [3.63, 3.8) is 0 Å². The van der Waals surface area contributed by atoms with Crippen LogP contribution < -0.4 is 10.6 Å². The van der Waals surface area contributed by atoms with Crippen molar-refractivity contribution in [1.82, 2.24) is 20.5 Å². The number of nitrogens with one attached hydrogen (secondary N) is 3. The van der Waals surface area contributed by atoms with Gasteiger partial charge in [0.05, 0.1) is 0 Å². The molecule has 10 heteroatoms. The molecule has 0 bridgehead atoms. The number of aromatic nitrogens is 3. The predicted molar refractivity (Wildman–Crippen MR) is 83.1 cm³/mol. The Morgan fingerprint density at radius 3 is 2.52 bits per heavy atom. The summed E-state index contributed by atoms with van der Waals surface area (Å²) in [7, 11) is 0. The molecule has 2 aromatic rings. The van der Waals surface area contributed by atoms with E-state index < -0.39 is 35.8 Å². The van der Waals surface area contributed by atoms with E-state index in [1.807, 2.05) is 6.07 Å². The Balaban J connectivity index is 1.88. The van der Waals surface area contributed by atoms with Crippen LogP contribution in [-0.2, 0) is 15.8 Å². The number of halogens is 3. The average molecular weight is 353 g/mol. The highest BCUT2D eigenvalue weighted by Crippen LogP contribution is 2.26. The minimum atomic E-state index is -4.70. The van der Waals surface area contributed by atoms with Gasteiger partial charge in [-0.15, -0.1) is 5.10 Å². The fourth-order valence-corrected chi connectivity index (χ4v) is 1.73. The number of carbonyl (C=O) groups excluding carboxylic acids is 2. The lowest BCUT2D eigenvalue weighted by Crippen LogP contribution is -2.41. The lowest BCUT2D eigenvalue weighted by Gasteiger charge is -2.11. The molecule has 7 nitrogen and oxygen atoms in total. The largest absolute Gasteiger partial charge is 0.451 e. The molecule has 1 unspecified atom stereocenters. The smallest absolute Gasteiger partial charge is 0.341 e. The van der Waals surface area contributed by atoms with Gasteiger partial charge in [0, 0.05) is 6.08 Å². The van der Waals surface area contributed by atoms with E-state index in [4.69, 9.17) is 0 Å². The molecule has 0 aliphatic rings. The van der Waals surface area contributed by atoms with Crippen molar-refractivity contribution in [1.29, 1.82) is 0 Å². The zero-order valence-corrected chi connectivity index (χ0v) is 13.0. The van der Waals surface area contributed by atoms with E-state index >= 15 is 0 Å². The van der Waals surface area contributed by atoms with Crippen LogP contribution in [0.4, 0.5) is 19.1 Å². The van der Waals surface area contributed by atoms with E-state index in [1.165, 1.54) is 13.0 Å². The molecule has 0 saturated heterocycles. The highest BCUT2D eigenvalue weighted by molar-refractivity contribution is 5.99. The minimum absolute atomic E-state index is 0.529. The van der Waals surface area contributed by atoms with Crippen molar-refractivity contribution in [2.45, 2.75) is 19.1 Å². The van der Waals surface area contributed by atoms with Crippen molar-refractivity contribution >= 4 is 23.8 Å². The molecule has 0 fully saturated rings. The Morgan fingerprint density at radius 1 is 1.24 bits per heavy atom. The summed E-state index contributed by atoms with van der Waals surface area (Å²) in [5.41, 5.74) is 0.801. The summed E-state index contributed by atoms with van der Waals surface area (Å²) in [6.07, 6.45) is -1.89. The maximum Gasteiger partial charge on any atom is 0.451 e. The highest BCUT2D eigenvalue weighted by atomic mass is 19.4. The molecular formula is C15H14F3N5O2. The summed E-state index contributed by atoms with van der Waals surface area (Å²) >= 11 is 0. The monoisotopic (exact) mass is 353 g/mol. The average Bonchev–Trinajstić information content (AvgIpc) is 3.02. The number of H-pyrrole nitrogens is 1. The van der Waals surface area contributed by atoms with Crippen LogP contribution in [0.15, 0.2) is 36.4 Å². The number of rotatable bonds is 5. The molecule has 1 heterocycles. The second kappa shape index (κ2) is 7.60. The van der Waals surface area contributed by atoms with Crippen LogP contribution in [0, 0.1) is 0 Å². The van der Waals surface area contributed by atoms with Crippen LogP contribution in [0.1, 0.15) is 18.3 Å². The maximum atomic E-state index is 12.4. The summed E-state index contributed by atoms with van der Waals surface area (Å²) in [5, 5.41) is 9.38. The summed E-state index contributed by atoms with van der Waals surface area (Å²) < 4.78 is 37.1. The van der Waals surface area contributed by atoms with Crippen molar-refractivity contribution in [3.8, 4) is 0 Å². The fourth-order valence-electron chi connectivity index (χ4n) is 1.73. The first-order valence-electron chi connectivity index (χ1n) is 7.10. The molecule has 0 aliphatic heterocycles. The number of hydrogen-bond donors (Lipinski definition) is 3. The van der Waals surface area contributed by atoms with Crippen molar-refractivity contribution < 1.29 is 22.8 Å². The molecule has 1 atom stereocenters. The fraction of sp³-hybridized carbons (Fsp3) is 0.200. The quantitative estimate of drug-likeness (QED) is 0.716. The van der Waals surface area contributed by atoms with Gasteiger partial charge in [0.2, 0.25) is 23.6 Å². The van der Waals surface area contributed by atoms with Gasteiger partial charge in [-0.1, -0.05) is 30.3 Å². The lowest BCUT2D eigenvalue weighted by atomic mass is 10.2. The summed E-state index contributed by atoms with van der Waals surface area (Å²) in [5.74, 6) is -3.14. The first kappa shape index (κ1) is 18.2. The van der Waals surface area contributed by atoms with Crippen LogP contribution in [0.25, 0.3) is 6.08 Å².